The minimum atomic E-state index is -0.210. The van der Waals surface area contributed by atoms with Crippen LogP contribution in [-0.2, 0) is 13.0 Å². The first kappa shape index (κ1) is 15.4. The van der Waals surface area contributed by atoms with Crippen molar-refractivity contribution in [3.05, 3.63) is 46.2 Å². The van der Waals surface area contributed by atoms with E-state index < -0.39 is 0 Å². The fourth-order valence-electron chi connectivity index (χ4n) is 3.50. The molecule has 0 spiro atoms. The van der Waals surface area contributed by atoms with Crippen LogP contribution in [0.4, 0.5) is 0 Å². The van der Waals surface area contributed by atoms with Crippen molar-refractivity contribution in [3.63, 3.8) is 0 Å². The van der Waals surface area contributed by atoms with Crippen LogP contribution in [0.3, 0.4) is 0 Å². The van der Waals surface area contributed by atoms with E-state index in [1.54, 1.807) is 22.8 Å². The van der Waals surface area contributed by atoms with Gasteiger partial charge in [0.25, 0.3) is 5.56 Å². The van der Waals surface area contributed by atoms with E-state index in [2.05, 4.69) is 0 Å². The van der Waals surface area contributed by atoms with Crippen molar-refractivity contribution in [1.82, 2.24) is 4.57 Å². The average molecular weight is 339 g/mol. The van der Waals surface area contributed by atoms with Gasteiger partial charge in [-0.25, -0.2) is 0 Å². The topological polar surface area (TPSA) is 80.9 Å². The Labute approximate surface area is 143 Å². The Bertz CT molecular complexity index is 1070. The lowest BCUT2D eigenvalue weighted by molar-refractivity contribution is 0.373. The van der Waals surface area contributed by atoms with Gasteiger partial charge in [0, 0.05) is 12.1 Å². The van der Waals surface area contributed by atoms with Crippen molar-refractivity contribution < 1.29 is 19.7 Å². The van der Waals surface area contributed by atoms with Crippen molar-refractivity contribution in [2.75, 3.05) is 14.2 Å². The molecule has 0 amide bonds. The highest BCUT2D eigenvalue weighted by atomic mass is 16.5. The smallest absolute Gasteiger partial charge is 0.262 e. The number of ether oxygens (including phenoxy) is 2. The molecule has 0 unspecified atom stereocenters. The van der Waals surface area contributed by atoms with Crippen molar-refractivity contribution in [2.24, 2.45) is 0 Å². The molecule has 0 fully saturated rings. The average Bonchev–Trinajstić information content (AvgIpc) is 2.61. The predicted molar refractivity (Wildman–Crippen MR) is 93.8 cm³/mol. The van der Waals surface area contributed by atoms with Crippen LogP contribution in [0.25, 0.3) is 22.0 Å². The van der Waals surface area contributed by atoms with E-state index in [4.69, 9.17) is 9.47 Å². The summed E-state index contributed by atoms with van der Waals surface area (Å²) < 4.78 is 12.1. The number of pyridine rings is 1. The van der Waals surface area contributed by atoms with Crippen LogP contribution in [0.2, 0.25) is 0 Å². The number of benzene rings is 2. The summed E-state index contributed by atoms with van der Waals surface area (Å²) in [6.45, 7) is 0.488. The second kappa shape index (κ2) is 5.44. The van der Waals surface area contributed by atoms with E-state index in [1.807, 2.05) is 6.07 Å². The number of hydrogen-bond acceptors (Lipinski definition) is 5. The number of methoxy groups -OCH3 is 2. The molecule has 0 aliphatic carbocycles. The molecular formula is C19H17NO5. The zero-order valence-corrected chi connectivity index (χ0v) is 13.9. The predicted octanol–water partition coefficient (Wildman–Crippen LogP) is 2.65. The highest BCUT2D eigenvalue weighted by Crippen LogP contribution is 2.40. The normalized spacial score (nSPS) is 12.6. The molecule has 25 heavy (non-hydrogen) atoms. The van der Waals surface area contributed by atoms with Crippen LogP contribution < -0.4 is 15.0 Å². The first-order chi connectivity index (χ1) is 12.0. The van der Waals surface area contributed by atoms with Gasteiger partial charge < -0.3 is 24.3 Å². The minimum Gasteiger partial charge on any atom is -0.504 e. The van der Waals surface area contributed by atoms with Crippen LogP contribution in [0, 0.1) is 0 Å². The third kappa shape index (κ3) is 2.14. The summed E-state index contributed by atoms with van der Waals surface area (Å²) in [4.78, 5) is 13.0. The molecule has 128 valence electrons. The second-order valence-corrected chi connectivity index (χ2v) is 6.00. The van der Waals surface area contributed by atoms with Crippen LogP contribution in [-0.4, -0.2) is 29.0 Å². The first-order valence-corrected chi connectivity index (χ1v) is 7.89. The molecule has 6 nitrogen and oxygen atoms in total. The number of nitrogens with zero attached hydrogens (tertiary/aromatic N) is 1. The lowest BCUT2D eigenvalue weighted by Crippen LogP contribution is -2.26. The van der Waals surface area contributed by atoms with E-state index in [-0.39, 0.29) is 22.8 Å². The van der Waals surface area contributed by atoms with Gasteiger partial charge in [0.15, 0.2) is 23.0 Å². The zero-order chi connectivity index (χ0) is 17.7. The van der Waals surface area contributed by atoms with Gasteiger partial charge in [-0.05, 0) is 41.6 Å². The fraction of sp³-hybridized carbons (Fsp3) is 0.211. The van der Waals surface area contributed by atoms with E-state index in [9.17, 15) is 15.0 Å². The van der Waals surface area contributed by atoms with Gasteiger partial charge in [-0.3, -0.25) is 4.79 Å². The van der Waals surface area contributed by atoms with Gasteiger partial charge in [0.2, 0.25) is 0 Å². The summed E-state index contributed by atoms with van der Waals surface area (Å²) in [7, 11) is 2.92. The number of fused-ring (bicyclic) bond motifs is 4. The third-order valence-electron chi connectivity index (χ3n) is 4.70. The molecule has 1 aromatic heterocycles. The SMILES string of the molecule is COc1cc2c(cc1O)CCn1c-2cc2ccc(O)c(OC)c2c1=O. The van der Waals surface area contributed by atoms with E-state index >= 15 is 0 Å². The summed E-state index contributed by atoms with van der Waals surface area (Å²) in [5.74, 6) is 0.579. The monoisotopic (exact) mass is 339 g/mol. The lowest BCUT2D eigenvalue weighted by atomic mass is 9.95. The summed E-state index contributed by atoms with van der Waals surface area (Å²) >= 11 is 0. The number of aryl methyl sites for hydroxylation is 1. The van der Waals surface area contributed by atoms with Gasteiger partial charge in [-0.15, -0.1) is 0 Å². The summed E-state index contributed by atoms with van der Waals surface area (Å²) in [6, 6.07) is 8.54. The molecule has 2 aromatic carbocycles. The Morgan fingerprint density at radius 1 is 1.04 bits per heavy atom. The molecular weight excluding hydrogens is 322 g/mol. The van der Waals surface area contributed by atoms with Gasteiger partial charge in [-0.2, -0.15) is 0 Å². The maximum absolute atomic E-state index is 13.0. The highest BCUT2D eigenvalue weighted by molar-refractivity contribution is 5.93. The number of phenolic OH excluding ortho intramolecular Hbond substituents is 2. The van der Waals surface area contributed by atoms with E-state index in [0.29, 0.717) is 29.5 Å². The maximum Gasteiger partial charge on any atom is 0.262 e. The van der Waals surface area contributed by atoms with Crippen LogP contribution >= 0.6 is 0 Å². The number of rotatable bonds is 2. The van der Waals surface area contributed by atoms with Crippen LogP contribution in [0.15, 0.2) is 35.1 Å². The molecule has 1 aliphatic rings. The van der Waals surface area contributed by atoms with Gasteiger partial charge in [0.05, 0.1) is 25.3 Å². The number of hydrogen-bond donors (Lipinski definition) is 2. The zero-order valence-electron chi connectivity index (χ0n) is 13.9. The standard InChI is InChI=1S/C19H17NO5/c1-24-16-9-12-10(8-15(16)22)5-6-20-13(12)7-11-3-4-14(21)18(25-2)17(11)19(20)23/h3-4,7-9,21-22H,5-6H2,1-2H3. The molecule has 2 N–H and O–H groups in total. The number of aromatic nitrogens is 1. The fourth-order valence-corrected chi connectivity index (χ4v) is 3.50. The van der Waals surface area contributed by atoms with Crippen molar-refractivity contribution >= 4 is 10.8 Å². The largest absolute Gasteiger partial charge is 0.504 e. The summed E-state index contributed by atoms with van der Waals surface area (Å²) in [5.41, 5.74) is 2.36. The molecule has 2 heterocycles. The van der Waals surface area contributed by atoms with Crippen LogP contribution in [0.1, 0.15) is 5.56 Å². The molecule has 6 heteroatoms. The Hall–Kier alpha value is -3.15. The number of aromatic hydroxyl groups is 2. The van der Waals surface area contributed by atoms with Gasteiger partial charge in [-0.1, -0.05) is 6.07 Å². The second-order valence-electron chi connectivity index (χ2n) is 6.00. The Balaban J connectivity index is 2.08. The molecule has 0 saturated carbocycles. The Morgan fingerprint density at radius 2 is 1.84 bits per heavy atom. The quantitative estimate of drug-likeness (QED) is 0.750. The van der Waals surface area contributed by atoms with E-state index in [0.717, 1.165) is 16.8 Å². The van der Waals surface area contributed by atoms with E-state index in [1.165, 1.54) is 20.3 Å². The van der Waals surface area contributed by atoms with Crippen molar-refractivity contribution in [1.29, 1.82) is 0 Å². The summed E-state index contributed by atoms with van der Waals surface area (Å²) in [6.07, 6.45) is 0.617. The summed E-state index contributed by atoms with van der Waals surface area (Å²) in [5, 5.41) is 21.0. The molecule has 0 bridgehead atoms. The van der Waals surface area contributed by atoms with Gasteiger partial charge >= 0.3 is 0 Å². The maximum atomic E-state index is 13.0. The molecule has 0 atom stereocenters. The Morgan fingerprint density at radius 3 is 2.56 bits per heavy atom. The molecule has 3 aromatic rings. The Kier molecular flexibility index (Phi) is 3.35. The molecule has 0 radical (unpaired) electrons. The first-order valence-electron chi connectivity index (χ1n) is 7.89. The molecule has 4 rings (SSSR count). The lowest BCUT2D eigenvalue weighted by Gasteiger charge is -2.24. The highest BCUT2D eigenvalue weighted by Gasteiger charge is 2.23. The third-order valence-corrected chi connectivity index (χ3v) is 4.70. The van der Waals surface area contributed by atoms with Crippen LogP contribution in [0.5, 0.6) is 23.0 Å². The molecule has 1 aliphatic heterocycles. The van der Waals surface area contributed by atoms with Crippen molar-refractivity contribution in [2.45, 2.75) is 13.0 Å². The molecule has 0 saturated heterocycles. The number of phenols is 2. The van der Waals surface area contributed by atoms with Crippen molar-refractivity contribution in [3.8, 4) is 34.3 Å². The minimum absolute atomic E-state index is 0.0598. The van der Waals surface area contributed by atoms with Gasteiger partial charge in [0.1, 0.15) is 0 Å².